The van der Waals surface area contributed by atoms with Crippen LogP contribution in [0.4, 0.5) is 0 Å². The number of amides is 2. The molecular formula is C20H24N4O2. The van der Waals surface area contributed by atoms with Crippen molar-refractivity contribution in [2.24, 2.45) is 5.41 Å². The summed E-state index contributed by atoms with van der Waals surface area (Å²) in [5, 5.41) is 6.57. The molecule has 2 aliphatic rings. The van der Waals surface area contributed by atoms with Crippen molar-refractivity contribution in [1.82, 2.24) is 20.0 Å². The van der Waals surface area contributed by atoms with Crippen molar-refractivity contribution in [3.8, 4) is 0 Å². The number of hydrogen-bond donors (Lipinski definition) is 1. The zero-order chi connectivity index (χ0) is 18.1. The number of likely N-dealkylation sites (tertiary alicyclic amines) is 2. The Balaban J connectivity index is 1.40. The van der Waals surface area contributed by atoms with Crippen LogP contribution in [0.2, 0.25) is 0 Å². The van der Waals surface area contributed by atoms with Gasteiger partial charge in [-0.3, -0.25) is 14.7 Å². The molecule has 1 spiro atoms. The molecule has 26 heavy (non-hydrogen) atoms. The van der Waals surface area contributed by atoms with Gasteiger partial charge in [-0.05, 0) is 37.8 Å². The van der Waals surface area contributed by atoms with Crippen molar-refractivity contribution < 1.29 is 9.59 Å². The molecule has 4 rings (SSSR count). The second-order valence-electron chi connectivity index (χ2n) is 7.51. The van der Waals surface area contributed by atoms with Crippen molar-refractivity contribution in [2.45, 2.75) is 32.7 Å². The molecule has 1 aromatic carbocycles. The van der Waals surface area contributed by atoms with Crippen LogP contribution in [0.1, 0.15) is 40.9 Å². The normalized spacial score (nSPS) is 19.3. The van der Waals surface area contributed by atoms with Crippen LogP contribution in [0, 0.1) is 12.3 Å². The molecule has 1 aromatic heterocycles. The van der Waals surface area contributed by atoms with Crippen molar-refractivity contribution in [3.63, 3.8) is 0 Å². The van der Waals surface area contributed by atoms with E-state index >= 15 is 0 Å². The van der Waals surface area contributed by atoms with Gasteiger partial charge in [0.15, 0.2) is 0 Å². The highest BCUT2D eigenvalue weighted by Crippen LogP contribution is 2.42. The van der Waals surface area contributed by atoms with E-state index in [2.05, 4.69) is 35.3 Å². The number of nitrogens with one attached hydrogen (secondary N) is 1. The molecule has 6 nitrogen and oxygen atoms in total. The molecule has 2 amide bonds. The number of nitrogens with zero attached hydrogens (tertiary/aromatic N) is 3. The van der Waals surface area contributed by atoms with E-state index in [4.69, 9.17) is 0 Å². The summed E-state index contributed by atoms with van der Waals surface area (Å²) in [5.41, 5.74) is 2.63. The van der Waals surface area contributed by atoms with Gasteiger partial charge in [-0.2, -0.15) is 5.10 Å². The summed E-state index contributed by atoms with van der Waals surface area (Å²) in [6.45, 7) is 4.81. The number of piperidine rings is 1. The summed E-state index contributed by atoms with van der Waals surface area (Å²) in [6.07, 6.45) is 3.97. The van der Waals surface area contributed by atoms with Crippen molar-refractivity contribution in [2.75, 3.05) is 19.6 Å². The Hall–Kier alpha value is -2.63. The fourth-order valence-corrected chi connectivity index (χ4v) is 4.22. The van der Waals surface area contributed by atoms with Crippen molar-refractivity contribution in [3.05, 3.63) is 53.3 Å². The first-order chi connectivity index (χ1) is 12.6. The van der Waals surface area contributed by atoms with Crippen LogP contribution in [0.15, 0.2) is 36.5 Å². The SMILES string of the molecule is Cc1cccc(CN2CCC3(CCN(C(=O)c4ccn[nH]4)CC3)C2=O)c1. The van der Waals surface area contributed by atoms with Crippen LogP contribution < -0.4 is 0 Å². The summed E-state index contributed by atoms with van der Waals surface area (Å²) < 4.78 is 0. The third-order valence-corrected chi connectivity index (χ3v) is 5.80. The van der Waals surface area contributed by atoms with Crippen LogP contribution in [0.3, 0.4) is 0 Å². The smallest absolute Gasteiger partial charge is 0.271 e. The number of benzene rings is 1. The predicted molar refractivity (Wildman–Crippen MR) is 97.4 cm³/mol. The van der Waals surface area contributed by atoms with Gasteiger partial charge in [-0.1, -0.05) is 29.8 Å². The van der Waals surface area contributed by atoms with Crippen molar-refractivity contribution >= 4 is 11.8 Å². The van der Waals surface area contributed by atoms with Crippen LogP contribution >= 0.6 is 0 Å². The highest BCUT2D eigenvalue weighted by Gasteiger charge is 2.48. The van der Waals surface area contributed by atoms with Gasteiger partial charge in [0.05, 0.1) is 5.41 Å². The van der Waals surface area contributed by atoms with E-state index in [0.29, 0.717) is 25.3 Å². The number of carbonyl (C=O) groups excluding carboxylic acids is 2. The molecule has 2 fully saturated rings. The zero-order valence-corrected chi connectivity index (χ0v) is 15.1. The van der Waals surface area contributed by atoms with Crippen LogP contribution in [0.5, 0.6) is 0 Å². The lowest BCUT2D eigenvalue weighted by molar-refractivity contribution is -0.138. The maximum absolute atomic E-state index is 13.1. The van der Waals surface area contributed by atoms with Crippen LogP contribution in [-0.4, -0.2) is 51.4 Å². The van der Waals surface area contributed by atoms with Gasteiger partial charge in [-0.25, -0.2) is 0 Å². The summed E-state index contributed by atoms with van der Waals surface area (Å²) in [7, 11) is 0. The van der Waals surface area contributed by atoms with Crippen LogP contribution in [0.25, 0.3) is 0 Å². The molecule has 2 aromatic rings. The topological polar surface area (TPSA) is 69.3 Å². The Labute approximate surface area is 153 Å². The molecule has 0 radical (unpaired) electrons. The van der Waals surface area contributed by atoms with Gasteiger partial charge >= 0.3 is 0 Å². The van der Waals surface area contributed by atoms with Crippen LogP contribution in [-0.2, 0) is 11.3 Å². The number of aromatic amines is 1. The third-order valence-electron chi connectivity index (χ3n) is 5.80. The molecule has 0 saturated carbocycles. The summed E-state index contributed by atoms with van der Waals surface area (Å²) >= 11 is 0. The van der Waals surface area contributed by atoms with Crippen molar-refractivity contribution in [1.29, 1.82) is 0 Å². The van der Waals surface area contributed by atoms with Gasteiger partial charge in [0, 0.05) is 32.4 Å². The number of aromatic nitrogens is 2. The van der Waals surface area contributed by atoms with Gasteiger partial charge in [-0.15, -0.1) is 0 Å². The second kappa shape index (κ2) is 6.59. The molecule has 0 bridgehead atoms. The van der Waals surface area contributed by atoms with E-state index in [1.807, 2.05) is 15.9 Å². The molecule has 2 saturated heterocycles. The van der Waals surface area contributed by atoms with E-state index in [0.717, 1.165) is 25.8 Å². The lowest BCUT2D eigenvalue weighted by Crippen LogP contribution is -2.46. The molecule has 3 heterocycles. The first kappa shape index (κ1) is 16.8. The Morgan fingerprint density at radius 3 is 2.65 bits per heavy atom. The van der Waals surface area contributed by atoms with E-state index in [1.54, 1.807) is 12.3 Å². The Bertz CT molecular complexity index is 807. The number of carbonyl (C=O) groups is 2. The van der Waals surface area contributed by atoms with Gasteiger partial charge in [0.25, 0.3) is 5.91 Å². The molecule has 136 valence electrons. The number of hydrogen-bond acceptors (Lipinski definition) is 3. The Kier molecular flexibility index (Phi) is 4.26. The highest BCUT2D eigenvalue weighted by molar-refractivity contribution is 5.92. The minimum Gasteiger partial charge on any atom is -0.338 e. The van der Waals surface area contributed by atoms with Gasteiger partial charge in [0.1, 0.15) is 5.69 Å². The number of aryl methyl sites for hydroxylation is 1. The molecule has 1 N–H and O–H groups in total. The summed E-state index contributed by atoms with van der Waals surface area (Å²) in [6, 6.07) is 10.0. The van der Waals surface area contributed by atoms with E-state index in [9.17, 15) is 9.59 Å². The molecule has 2 aliphatic heterocycles. The molecular weight excluding hydrogens is 328 g/mol. The first-order valence-corrected chi connectivity index (χ1v) is 9.21. The van der Waals surface area contributed by atoms with Gasteiger partial charge in [0.2, 0.25) is 5.91 Å². The first-order valence-electron chi connectivity index (χ1n) is 9.21. The van der Waals surface area contributed by atoms with Gasteiger partial charge < -0.3 is 9.80 Å². The standard InChI is InChI=1S/C20H24N4O2/c1-15-3-2-4-16(13-15)14-24-12-8-20(19(24)26)6-10-23(11-7-20)18(25)17-5-9-21-22-17/h2-5,9,13H,6-8,10-12,14H2,1H3,(H,21,22). The highest BCUT2D eigenvalue weighted by atomic mass is 16.2. The minimum absolute atomic E-state index is 0.0283. The Morgan fingerprint density at radius 2 is 1.96 bits per heavy atom. The maximum atomic E-state index is 13.1. The van der Waals surface area contributed by atoms with E-state index < -0.39 is 0 Å². The largest absolute Gasteiger partial charge is 0.338 e. The molecule has 0 aliphatic carbocycles. The molecule has 0 atom stereocenters. The Morgan fingerprint density at radius 1 is 1.19 bits per heavy atom. The summed E-state index contributed by atoms with van der Waals surface area (Å²) in [4.78, 5) is 29.3. The monoisotopic (exact) mass is 352 g/mol. The number of H-pyrrole nitrogens is 1. The second-order valence-corrected chi connectivity index (χ2v) is 7.51. The predicted octanol–water partition coefficient (Wildman–Crippen LogP) is 2.37. The average molecular weight is 352 g/mol. The fourth-order valence-electron chi connectivity index (χ4n) is 4.22. The van der Waals surface area contributed by atoms with E-state index in [1.165, 1.54) is 11.1 Å². The maximum Gasteiger partial charge on any atom is 0.271 e. The minimum atomic E-state index is -0.283. The van der Waals surface area contributed by atoms with E-state index in [-0.39, 0.29) is 17.2 Å². The zero-order valence-electron chi connectivity index (χ0n) is 15.1. The quantitative estimate of drug-likeness (QED) is 0.922. The lowest BCUT2D eigenvalue weighted by atomic mass is 9.77. The fraction of sp³-hybridized carbons (Fsp3) is 0.450. The summed E-state index contributed by atoms with van der Waals surface area (Å²) in [5.74, 6) is 0.229. The number of rotatable bonds is 3. The lowest BCUT2D eigenvalue weighted by Gasteiger charge is -2.37. The molecule has 6 heteroatoms. The average Bonchev–Trinajstić information content (AvgIpc) is 3.27. The molecule has 0 unspecified atom stereocenters. The third kappa shape index (κ3) is 3.00.